The SMILES string of the molecule is CC(C)(C)OC(=O)N1CCN(C(N)=NCCNC(=O)c2ccccc2)CC1. The molecular formula is C19H29N5O3. The summed E-state index contributed by atoms with van der Waals surface area (Å²) in [6, 6.07) is 9.03. The molecule has 8 nitrogen and oxygen atoms in total. The van der Waals surface area contributed by atoms with Crippen LogP contribution in [0.3, 0.4) is 0 Å². The van der Waals surface area contributed by atoms with Gasteiger partial charge in [0, 0.05) is 38.3 Å². The molecule has 2 amide bonds. The molecule has 0 bridgehead atoms. The van der Waals surface area contributed by atoms with Crippen molar-refractivity contribution in [3.05, 3.63) is 35.9 Å². The first-order valence-electron chi connectivity index (χ1n) is 9.12. The lowest BCUT2D eigenvalue weighted by Crippen LogP contribution is -2.53. The zero-order chi connectivity index (χ0) is 19.9. The van der Waals surface area contributed by atoms with Gasteiger partial charge in [-0.25, -0.2) is 4.79 Å². The fourth-order valence-electron chi connectivity index (χ4n) is 2.58. The molecule has 1 fully saturated rings. The number of nitrogens with two attached hydrogens (primary N) is 1. The molecule has 0 unspecified atom stereocenters. The van der Waals surface area contributed by atoms with E-state index < -0.39 is 5.60 Å². The first kappa shape index (κ1) is 20.5. The van der Waals surface area contributed by atoms with E-state index in [9.17, 15) is 9.59 Å². The zero-order valence-corrected chi connectivity index (χ0v) is 16.3. The number of hydrogen-bond donors (Lipinski definition) is 2. The van der Waals surface area contributed by atoms with E-state index in [0.717, 1.165) is 0 Å². The molecule has 1 heterocycles. The highest BCUT2D eigenvalue weighted by atomic mass is 16.6. The van der Waals surface area contributed by atoms with Crippen LogP contribution in [0.25, 0.3) is 0 Å². The van der Waals surface area contributed by atoms with Crippen molar-refractivity contribution in [3.8, 4) is 0 Å². The molecule has 0 saturated carbocycles. The van der Waals surface area contributed by atoms with Crippen molar-refractivity contribution in [2.75, 3.05) is 39.3 Å². The van der Waals surface area contributed by atoms with Crippen LogP contribution in [0, 0.1) is 0 Å². The Bertz CT molecular complexity index is 662. The Morgan fingerprint density at radius 3 is 2.30 bits per heavy atom. The number of guanidine groups is 1. The van der Waals surface area contributed by atoms with E-state index in [1.54, 1.807) is 17.0 Å². The van der Waals surface area contributed by atoms with Crippen LogP contribution in [0.2, 0.25) is 0 Å². The second-order valence-electron chi connectivity index (χ2n) is 7.32. The predicted octanol–water partition coefficient (Wildman–Crippen LogP) is 1.28. The maximum atomic E-state index is 12.1. The molecule has 0 aliphatic carbocycles. The highest BCUT2D eigenvalue weighted by molar-refractivity contribution is 5.94. The fourth-order valence-corrected chi connectivity index (χ4v) is 2.58. The van der Waals surface area contributed by atoms with Crippen molar-refractivity contribution in [3.63, 3.8) is 0 Å². The summed E-state index contributed by atoms with van der Waals surface area (Å²) in [4.78, 5) is 31.9. The topological polar surface area (TPSA) is 100 Å². The second kappa shape index (κ2) is 9.25. The van der Waals surface area contributed by atoms with Gasteiger partial charge < -0.3 is 25.6 Å². The van der Waals surface area contributed by atoms with E-state index in [-0.39, 0.29) is 12.0 Å². The van der Waals surface area contributed by atoms with Gasteiger partial charge in [0.25, 0.3) is 5.91 Å². The second-order valence-corrected chi connectivity index (χ2v) is 7.32. The van der Waals surface area contributed by atoms with Gasteiger partial charge in [0.2, 0.25) is 0 Å². The molecule has 8 heteroatoms. The molecule has 1 saturated heterocycles. The third-order valence-electron chi connectivity index (χ3n) is 3.96. The van der Waals surface area contributed by atoms with E-state index >= 15 is 0 Å². The largest absolute Gasteiger partial charge is 0.444 e. The molecule has 1 aromatic carbocycles. The van der Waals surface area contributed by atoms with Gasteiger partial charge in [0.05, 0.1) is 6.54 Å². The van der Waals surface area contributed by atoms with E-state index in [2.05, 4.69) is 10.3 Å². The number of amides is 2. The lowest BCUT2D eigenvalue weighted by Gasteiger charge is -2.36. The molecule has 3 N–H and O–H groups in total. The predicted molar refractivity (Wildman–Crippen MR) is 105 cm³/mol. The molecule has 0 atom stereocenters. The lowest BCUT2D eigenvalue weighted by molar-refractivity contribution is 0.0186. The third-order valence-corrected chi connectivity index (χ3v) is 3.96. The van der Waals surface area contributed by atoms with Crippen molar-refractivity contribution >= 4 is 18.0 Å². The van der Waals surface area contributed by atoms with Crippen LogP contribution in [-0.4, -0.2) is 72.6 Å². The van der Waals surface area contributed by atoms with Crippen LogP contribution >= 0.6 is 0 Å². The van der Waals surface area contributed by atoms with Gasteiger partial charge in [-0.05, 0) is 32.9 Å². The molecule has 0 spiro atoms. The number of nitrogens with zero attached hydrogens (tertiary/aromatic N) is 3. The maximum absolute atomic E-state index is 12.1. The van der Waals surface area contributed by atoms with Crippen molar-refractivity contribution in [1.29, 1.82) is 0 Å². The summed E-state index contributed by atoms with van der Waals surface area (Å²) in [5.74, 6) is 0.295. The third kappa shape index (κ3) is 6.80. The van der Waals surface area contributed by atoms with Gasteiger partial charge in [-0.1, -0.05) is 18.2 Å². The monoisotopic (exact) mass is 375 g/mol. The average molecular weight is 375 g/mol. The summed E-state index contributed by atoms with van der Waals surface area (Å²) in [5.41, 5.74) is 6.15. The van der Waals surface area contributed by atoms with Crippen LogP contribution in [-0.2, 0) is 4.74 Å². The van der Waals surface area contributed by atoms with E-state index in [1.807, 2.05) is 43.9 Å². The minimum absolute atomic E-state index is 0.129. The molecular weight excluding hydrogens is 346 g/mol. The summed E-state index contributed by atoms with van der Waals surface area (Å²) in [5, 5.41) is 2.81. The van der Waals surface area contributed by atoms with Crippen LogP contribution in [0.5, 0.6) is 0 Å². The summed E-state index contributed by atoms with van der Waals surface area (Å²) in [6.07, 6.45) is -0.304. The van der Waals surface area contributed by atoms with Gasteiger partial charge in [-0.15, -0.1) is 0 Å². The average Bonchev–Trinajstić information content (AvgIpc) is 2.64. The van der Waals surface area contributed by atoms with Gasteiger partial charge >= 0.3 is 6.09 Å². The molecule has 0 aromatic heterocycles. The number of hydrogen-bond acceptors (Lipinski definition) is 4. The summed E-state index contributed by atoms with van der Waals surface area (Å²) in [6.45, 7) is 8.64. The molecule has 148 valence electrons. The Morgan fingerprint density at radius 2 is 1.70 bits per heavy atom. The maximum Gasteiger partial charge on any atom is 0.410 e. The fraction of sp³-hybridized carbons (Fsp3) is 0.526. The first-order valence-corrected chi connectivity index (χ1v) is 9.12. The zero-order valence-electron chi connectivity index (χ0n) is 16.3. The van der Waals surface area contributed by atoms with Crippen molar-refractivity contribution in [2.45, 2.75) is 26.4 Å². The summed E-state index contributed by atoms with van der Waals surface area (Å²) in [7, 11) is 0. The van der Waals surface area contributed by atoms with E-state index in [0.29, 0.717) is 50.8 Å². The Kier molecular flexibility index (Phi) is 7.04. The Labute approximate surface area is 160 Å². The minimum atomic E-state index is -0.501. The minimum Gasteiger partial charge on any atom is -0.444 e. The highest BCUT2D eigenvalue weighted by Crippen LogP contribution is 2.11. The van der Waals surface area contributed by atoms with Gasteiger partial charge in [0.15, 0.2) is 5.96 Å². The highest BCUT2D eigenvalue weighted by Gasteiger charge is 2.26. The van der Waals surface area contributed by atoms with Crippen LogP contribution in [0.15, 0.2) is 35.3 Å². The van der Waals surface area contributed by atoms with E-state index in [4.69, 9.17) is 10.5 Å². The molecule has 1 aliphatic heterocycles. The number of piperazine rings is 1. The van der Waals surface area contributed by atoms with Crippen LogP contribution < -0.4 is 11.1 Å². The lowest BCUT2D eigenvalue weighted by atomic mass is 10.2. The number of rotatable bonds is 4. The number of nitrogens with one attached hydrogen (secondary N) is 1. The van der Waals surface area contributed by atoms with E-state index in [1.165, 1.54) is 0 Å². The number of carbonyl (C=O) groups is 2. The van der Waals surface area contributed by atoms with Gasteiger partial charge in [0.1, 0.15) is 5.60 Å². The Morgan fingerprint density at radius 1 is 1.11 bits per heavy atom. The quantitative estimate of drug-likeness (QED) is 0.469. The first-order chi connectivity index (χ1) is 12.8. The smallest absolute Gasteiger partial charge is 0.410 e. The Balaban J connectivity index is 1.71. The number of carbonyl (C=O) groups excluding carboxylic acids is 2. The van der Waals surface area contributed by atoms with Gasteiger partial charge in [-0.2, -0.15) is 0 Å². The number of ether oxygens (including phenoxy) is 1. The van der Waals surface area contributed by atoms with Crippen molar-refractivity contribution in [2.24, 2.45) is 10.7 Å². The molecule has 27 heavy (non-hydrogen) atoms. The van der Waals surface area contributed by atoms with Crippen LogP contribution in [0.1, 0.15) is 31.1 Å². The number of aliphatic imine (C=N–C) groups is 1. The summed E-state index contributed by atoms with van der Waals surface area (Å²) < 4.78 is 5.38. The standard InChI is InChI=1S/C19H29N5O3/c1-19(2,3)27-18(26)24-13-11-23(12-14-24)17(20)22-10-9-21-16(25)15-7-5-4-6-8-15/h4-8H,9-14H2,1-3H3,(H2,20,22)(H,21,25). The Hall–Kier alpha value is -2.77. The molecule has 0 radical (unpaired) electrons. The van der Waals surface area contributed by atoms with Crippen molar-refractivity contribution < 1.29 is 14.3 Å². The van der Waals surface area contributed by atoms with Gasteiger partial charge in [-0.3, -0.25) is 9.79 Å². The van der Waals surface area contributed by atoms with Crippen molar-refractivity contribution in [1.82, 2.24) is 15.1 Å². The normalized spacial score (nSPS) is 15.4. The molecule has 1 aliphatic rings. The molecule has 1 aromatic rings. The number of benzene rings is 1. The van der Waals surface area contributed by atoms with Crippen LogP contribution in [0.4, 0.5) is 4.79 Å². The molecule has 2 rings (SSSR count). The summed E-state index contributed by atoms with van der Waals surface area (Å²) >= 11 is 0.